The van der Waals surface area contributed by atoms with Crippen LogP contribution in [0.25, 0.3) is 0 Å². The molecule has 1 fully saturated rings. The molecular formula is C23H41N2O5PS2. The summed E-state index contributed by atoms with van der Waals surface area (Å²) < 4.78 is 13.4. The van der Waals surface area contributed by atoms with Crippen LogP contribution >= 0.6 is 17.1 Å². The van der Waals surface area contributed by atoms with Crippen molar-refractivity contribution in [3.05, 3.63) is 32.6 Å². The summed E-state index contributed by atoms with van der Waals surface area (Å²) in [5.74, 6) is 0.788. The zero-order valence-corrected chi connectivity index (χ0v) is 22.8. The summed E-state index contributed by atoms with van der Waals surface area (Å²) in [7, 11) is 0. The molecule has 2 rings (SSSR count). The van der Waals surface area contributed by atoms with E-state index < -0.39 is 23.2 Å². The number of nitrogens with zero attached hydrogens (tertiary/aromatic N) is 1. The first kappa shape index (κ1) is 28.8. The number of hydrogen-bond donors (Lipinski definition) is 2. The Morgan fingerprint density at radius 3 is 2.36 bits per heavy atom. The Labute approximate surface area is 207 Å². The van der Waals surface area contributed by atoms with Crippen molar-refractivity contribution in [1.82, 2.24) is 9.55 Å². The van der Waals surface area contributed by atoms with E-state index in [1.165, 1.54) is 73.5 Å². The standard InChI is InChI=1S/C23H41N2O5PS2/c1-4-6-7-8-9-10-11-12-13-14-15-33-31(28,32)30-20-16-21(29-19(20)5-2)25-17-18(3)22(26)24-23(25)27/h17,19-21H,4-16H2,1-3H3,(H,28,32)(H,24,26,27)/t19-,20+,21-,31?/m1/s1. The van der Waals surface area contributed by atoms with Gasteiger partial charge >= 0.3 is 5.69 Å². The number of aromatic amines is 1. The van der Waals surface area contributed by atoms with Crippen LogP contribution in [-0.2, 0) is 21.1 Å². The van der Waals surface area contributed by atoms with E-state index >= 15 is 0 Å². The van der Waals surface area contributed by atoms with Crippen molar-refractivity contribution in [2.45, 2.75) is 116 Å². The van der Waals surface area contributed by atoms with Crippen molar-refractivity contribution in [2.75, 3.05) is 5.75 Å². The van der Waals surface area contributed by atoms with Crippen LogP contribution in [0, 0.1) is 6.92 Å². The van der Waals surface area contributed by atoms with Crippen LogP contribution in [0.2, 0.25) is 0 Å². The third kappa shape index (κ3) is 9.98. The fraction of sp³-hybridized carbons (Fsp3) is 0.826. The third-order valence-electron chi connectivity index (χ3n) is 6.06. The summed E-state index contributed by atoms with van der Waals surface area (Å²) in [5, 5.41) is 0. The highest BCUT2D eigenvalue weighted by Gasteiger charge is 2.39. The van der Waals surface area contributed by atoms with Crippen LogP contribution in [-0.4, -0.2) is 32.4 Å². The zero-order chi connectivity index (χ0) is 24.3. The number of nitrogens with one attached hydrogen (secondary N) is 1. The van der Waals surface area contributed by atoms with E-state index in [-0.39, 0.29) is 12.2 Å². The molecule has 0 amide bonds. The van der Waals surface area contributed by atoms with Crippen molar-refractivity contribution in [2.24, 2.45) is 0 Å². The van der Waals surface area contributed by atoms with Gasteiger partial charge in [0.25, 0.3) is 5.56 Å². The molecule has 0 spiro atoms. The first-order valence-corrected chi connectivity index (χ1v) is 16.7. The van der Waals surface area contributed by atoms with Crippen LogP contribution in [0.3, 0.4) is 0 Å². The minimum Gasteiger partial charge on any atom is -0.352 e. The molecule has 1 saturated heterocycles. The summed E-state index contributed by atoms with van der Waals surface area (Å²) in [5.41, 5.74) is -3.46. The van der Waals surface area contributed by atoms with Crippen LogP contribution in [0.4, 0.5) is 0 Å². The highest BCUT2D eigenvalue weighted by atomic mass is 32.9. The van der Waals surface area contributed by atoms with Crippen LogP contribution in [0.15, 0.2) is 15.8 Å². The molecule has 1 aromatic rings. The van der Waals surface area contributed by atoms with Crippen molar-refractivity contribution in [3.63, 3.8) is 0 Å². The van der Waals surface area contributed by atoms with E-state index in [1.54, 1.807) is 6.92 Å². The monoisotopic (exact) mass is 520 g/mol. The highest BCUT2D eigenvalue weighted by molar-refractivity contribution is 8.67. The van der Waals surface area contributed by atoms with Gasteiger partial charge in [-0.05, 0) is 31.6 Å². The number of rotatable bonds is 16. The summed E-state index contributed by atoms with van der Waals surface area (Å²) in [6.45, 7) is 5.86. The quantitative estimate of drug-likeness (QED) is 0.210. The summed E-state index contributed by atoms with van der Waals surface area (Å²) in [4.78, 5) is 36.9. The van der Waals surface area contributed by atoms with Gasteiger partial charge in [0.1, 0.15) is 6.23 Å². The predicted molar refractivity (Wildman–Crippen MR) is 141 cm³/mol. The Morgan fingerprint density at radius 1 is 1.15 bits per heavy atom. The van der Waals surface area contributed by atoms with E-state index in [0.29, 0.717) is 18.4 Å². The van der Waals surface area contributed by atoms with Crippen LogP contribution in [0.5, 0.6) is 0 Å². The summed E-state index contributed by atoms with van der Waals surface area (Å²) >= 11 is 6.75. The maximum Gasteiger partial charge on any atom is 0.330 e. The lowest BCUT2D eigenvalue weighted by Gasteiger charge is -2.22. The van der Waals surface area contributed by atoms with E-state index in [1.807, 2.05) is 6.92 Å². The Bertz CT molecular complexity index is 875. The fourth-order valence-electron chi connectivity index (χ4n) is 4.12. The molecule has 2 N–H and O–H groups in total. The second-order valence-corrected chi connectivity index (χ2v) is 15.1. The van der Waals surface area contributed by atoms with Gasteiger partial charge in [0.15, 0.2) is 0 Å². The smallest absolute Gasteiger partial charge is 0.330 e. The topological polar surface area (TPSA) is 93.5 Å². The van der Waals surface area contributed by atoms with Gasteiger partial charge in [-0.2, -0.15) is 0 Å². The molecule has 190 valence electrons. The molecule has 1 unspecified atom stereocenters. The van der Waals surface area contributed by atoms with Gasteiger partial charge < -0.3 is 14.2 Å². The van der Waals surface area contributed by atoms with E-state index in [4.69, 9.17) is 21.1 Å². The molecule has 1 aromatic heterocycles. The lowest BCUT2D eigenvalue weighted by Crippen LogP contribution is -2.33. The first-order valence-electron chi connectivity index (χ1n) is 12.4. The molecule has 1 aliphatic heterocycles. The molecule has 0 saturated carbocycles. The zero-order valence-electron chi connectivity index (χ0n) is 20.3. The molecule has 1 aliphatic rings. The number of ether oxygens (including phenoxy) is 1. The number of aryl methyl sites for hydroxylation is 1. The number of H-pyrrole nitrogens is 1. The minimum atomic E-state index is -2.99. The number of hydrogen-bond acceptors (Lipinski definition) is 6. The molecule has 7 nitrogen and oxygen atoms in total. The van der Waals surface area contributed by atoms with Gasteiger partial charge in [-0.25, -0.2) is 4.79 Å². The van der Waals surface area contributed by atoms with Crippen molar-refractivity contribution < 1.29 is 14.2 Å². The van der Waals surface area contributed by atoms with Gasteiger partial charge in [-0.1, -0.05) is 83.0 Å². The van der Waals surface area contributed by atoms with Gasteiger partial charge in [0, 0.05) is 23.9 Å². The highest BCUT2D eigenvalue weighted by Crippen LogP contribution is 2.59. The molecule has 4 atom stereocenters. The number of aromatic nitrogens is 2. The SMILES string of the molecule is CCCCCCCCCCCCSP(O)(=S)O[C@H]1C[C@H](n2cc(C)c(=O)[nH]c2=O)O[C@@H]1CC. The lowest BCUT2D eigenvalue weighted by atomic mass is 10.1. The molecule has 10 heteroatoms. The maximum absolute atomic E-state index is 12.2. The van der Waals surface area contributed by atoms with Gasteiger partial charge in [0.2, 0.25) is 5.69 Å². The van der Waals surface area contributed by atoms with Crippen molar-refractivity contribution >= 4 is 28.9 Å². The average molecular weight is 521 g/mol. The second-order valence-electron chi connectivity index (χ2n) is 8.88. The normalized spacial score (nSPS) is 22.5. The Morgan fingerprint density at radius 2 is 1.76 bits per heavy atom. The Hall–Kier alpha value is -0.440. The minimum absolute atomic E-state index is 0.262. The van der Waals surface area contributed by atoms with Gasteiger partial charge in [-0.3, -0.25) is 14.3 Å². The second kappa shape index (κ2) is 14.8. The average Bonchev–Trinajstić information content (AvgIpc) is 3.16. The maximum atomic E-state index is 12.2. The van der Waals surface area contributed by atoms with E-state index in [2.05, 4.69) is 11.9 Å². The third-order valence-corrected chi connectivity index (χ3v) is 10.4. The van der Waals surface area contributed by atoms with Crippen molar-refractivity contribution in [3.8, 4) is 0 Å². The summed E-state index contributed by atoms with van der Waals surface area (Å²) in [6.07, 6.45) is 14.1. The molecule has 33 heavy (non-hydrogen) atoms. The summed E-state index contributed by atoms with van der Waals surface area (Å²) in [6, 6.07) is 0. The van der Waals surface area contributed by atoms with Crippen LogP contribution < -0.4 is 11.2 Å². The van der Waals surface area contributed by atoms with E-state index in [0.717, 1.165) is 18.6 Å². The predicted octanol–water partition coefficient (Wildman–Crippen LogP) is 5.80. The molecular weight excluding hydrogens is 479 g/mol. The largest absolute Gasteiger partial charge is 0.352 e. The lowest BCUT2D eigenvalue weighted by molar-refractivity contribution is -0.0175. The van der Waals surface area contributed by atoms with Crippen LogP contribution in [0.1, 0.15) is 103 Å². The van der Waals surface area contributed by atoms with E-state index in [9.17, 15) is 14.5 Å². The fourth-order valence-corrected chi connectivity index (χ4v) is 7.90. The molecule has 0 bridgehead atoms. The first-order chi connectivity index (χ1) is 15.8. The Balaban J connectivity index is 1.73. The van der Waals surface area contributed by atoms with Gasteiger partial charge in [-0.15, -0.1) is 0 Å². The Kier molecular flexibility index (Phi) is 13.0. The molecule has 0 aliphatic carbocycles. The molecule has 0 aromatic carbocycles. The molecule has 2 heterocycles. The van der Waals surface area contributed by atoms with Crippen molar-refractivity contribution in [1.29, 1.82) is 0 Å². The molecule has 0 radical (unpaired) electrons. The van der Waals surface area contributed by atoms with Gasteiger partial charge in [0.05, 0.1) is 12.2 Å². The number of unbranched alkanes of at least 4 members (excludes halogenated alkanes) is 9.